The molecule has 5 heteroatoms. The first-order chi connectivity index (χ1) is 9.12. The summed E-state index contributed by atoms with van der Waals surface area (Å²) >= 11 is 0. The van der Waals surface area contributed by atoms with Crippen LogP contribution in [-0.2, 0) is 0 Å². The van der Waals surface area contributed by atoms with E-state index in [-0.39, 0.29) is 11.1 Å². The smallest absolute Gasteiger partial charge is 0.323 e. The first kappa shape index (κ1) is 11.8. The van der Waals surface area contributed by atoms with Crippen molar-refractivity contribution in [2.45, 2.75) is 19.3 Å². The van der Waals surface area contributed by atoms with Crippen LogP contribution in [0.3, 0.4) is 0 Å². The van der Waals surface area contributed by atoms with Crippen LogP contribution in [0.15, 0.2) is 23.0 Å². The minimum Gasteiger partial charge on any atom is -0.373 e. The van der Waals surface area contributed by atoms with Crippen molar-refractivity contribution in [2.24, 2.45) is 5.41 Å². The Kier molecular flexibility index (Phi) is 2.59. The summed E-state index contributed by atoms with van der Waals surface area (Å²) in [4.78, 5) is 18.8. The van der Waals surface area contributed by atoms with Gasteiger partial charge in [0.15, 0.2) is 0 Å². The molecule has 0 bridgehead atoms. The van der Waals surface area contributed by atoms with E-state index in [4.69, 9.17) is 0 Å². The average molecular weight is 256 g/mol. The normalized spacial score (nSPS) is 16.8. The highest BCUT2D eigenvalue weighted by Gasteiger charge is 2.38. The first-order valence-electron chi connectivity index (χ1n) is 6.46. The van der Waals surface area contributed by atoms with Gasteiger partial charge in [-0.05, 0) is 31.0 Å². The molecule has 98 valence electrons. The predicted molar refractivity (Wildman–Crippen MR) is 74.1 cm³/mol. The fourth-order valence-corrected chi connectivity index (χ4v) is 2.71. The maximum Gasteiger partial charge on any atom is 0.323 e. The Balaban J connectivity index is 1.87. The van der Waals surface area contributed by atoms with E-state index in [0.29, 0.717) is 0 Å². The SMILES string of the molecule is CN(CC1(C#N)CCC1)c1ccc2[nH]c(=O)[nH]c2c1. The molecule has 0 unspecified atom stereocenters. The van der Waals surface area contributed by atoms with Crippen LogP contribution < -0.4 is 10.6 Å². The van der Waals surface area contributed by atoms with E-state index >= 15 is 0 Å². The largest absolute Gasteiger partial charge is 0.373 e. The van der Waals surface area contributed by atoms with Gasteiger partial charge in [-0.25, -0.2) is 4.79 Å². The quantitative estimate of drug-likeness (QED) is 0.881. The molecule has 1 fully saturated rings. The number of hydrogen-bond donors (Lipinski definition) is 2. The average Bonchev–Trinajstić information content (AvgIpc) is 2.72. The third kappa shape index (κ3) is 1.99. The third-order valence-electron chi connectivity index (χ3n) is 4.03. The molecule has 0 radical (unpaired) electrons. The molecular weight excluding hydrogens is 240 g/mol. The number of aromatic nitrogens is 2. The van der Waals surface area contributed by atoms with Crippen molar-refractivity contribution < 1.29 is 0 Å². The summed E-state index contributed by atoms with van der Waals surface area (Å²) in [6, 6.07) is 8.25. The number of rotatable bonds is 3. The lowest BCUT2D eigenvalue weighted by molar-refractivity contribution is 0.223. The number of hydrogen-bond acceptors (Lipinski definition) is 3. The number of nitriles is 1. The van der Waals surface area contributed by atoms with E-state index in [0.717, 1.165) is 42.5 Å². The minimum atomic E-state index is -0.192. The van der Waals surface area contributed by atoms with Gasteiger partial charge in [0.1, 0.15) is 0 Å². The number of nitrogens with one attached hydrogen (secondary N) is 2. The molecule has 5 nitrogen and oxygen atoms in total. The van der Waals surface area contributed by atoms with Crippen molar-refractivity contribution in [1.29, 1.82) is 5.26 Å². The van der Waals surface area contributed by atoms with Gasteiger partial charge in [-0.2, -0.15) is 5.26 Å². The molecule has 1 aromatic carbocycles. The molecule has 1 aromatic heterocycles. The van der Waals surface area contributed by atoms with E-state index in [9.17, 15) is 10.1 Å². The van der Waals surface area contributed by atoms with E-state index in [1.807, 2.05) is 25.2 Å². The summed E-state index contributed by atoms with van der Waals surface area (Å²) < 4.78 is 0. The second-order valence-corrected chi connectivity index (χ2v) is 5.41. The van der Waals surface area contributed by atoms with Crippen LogP contribution in [0, 0.1) is 16.7 Å². The minimum absolute atomic E-state index is 0.185. The Morgan fingerprint density at radius 3 is 2.74 bits per heavy atom. The van der Waals surface area contributed by atoms with Gasteiger partial charge in [0.05, 0.1) is 22.5 Å². The van der Waals surface area contributed by atoms with E-state index in [2.05, 4.69) is 20.9 Å². The van der Waals surface area contributed by atoms with Gasteiger partial charge in [0, 0.05) is 19.3 Å². The maximum atomic E-state index is 11.2. The van der Waals surface area contributed by atoms with Crippen LogP contribution in [0.2, 0.25) is 0 Å². The second-order valence-electron chi connectivity index (χ2n) is 5.41. The van der Waals surface area contributed by atoms with Gasteiger partial charge in [-0.3, -0.25) is 0 Å². The number of nitrogens with zero attached hydrogens (tertiary/aromatic N) is 2. The molecule has 19 heavy (non-hydrogen) atoms. The molecular formula is C14H16N4O. The lowest BCUT2D eigenvalue weighted by Gasteiger charge is -2.39. The summed E-state index contributed by atoms with van der Waals surface area (Å²) in [6.07, 6.45) is 3.11. The second kappa shape index (κ2) is 4.16. The fraction of sp³-hybridized carbons (Fsp3) is 0.429. The van der Waals surface area contributed by atoms with Crippen molar-refractivity contribution >= 4 is 16.7 Å². The molecule has 0 spiro atoms. The molecule has 1 aliphatic carbocycles. The van der Waals surface area contributed by atoms with Crippen LogP contribution >= 0.6 is 0 Å². The standard InChI is InChI=1S/C14H16N4O/c1-18(9-14(8-15)5-2-6-14)10-3-4-11-12(7-10)17-13(19)16-11/h3-4,7H,2,5-6,9H2,1H3,(H2,16,17,19). The third-order valence-corrected chi connectivity index (χ3v) is 4.03. The van der Waals surface area contributed by atoms with Crippen LogP contribution in [0.5, 0.6) is 0 Å². The molecule has 0 atom stereocenters. The molecule has 0 saturated heterocycles. The summed E-state index contributed by atoms with van der Waals surface area (Å²) in [5, 5.41) is 9.28. The number of fused-ring (bicyclic) bond motifs is 1. The number of imidazole rings is 1. The van der Waals surface area contributed by atoms with Crippen molar-refractivity contribution in [3.63, 3.8) is 0 Å². The summed E-state index contributed by atoms with van der Waals surface area (Å²) in [6.45, 7) is 0.740. The van der Waals surface area contributed by atoms with Gasteiger partial charge < -0.3 is 14.9 Å². The van der Waals surface area contributed by atoms with Crippen molar-refractivity contribution in [3.8, 4) is 6.07 Å². The zero-order valence-corrected chi connectivity index (χ0v) is 10.9. The van der Waals surface area contributed by atoms with Crippen molar-refractivity contribution in [1.82, 2.24) is 9.97 Å². The van der Waals surface area contributed by atoms with Crippen molar-refractivity contribution in [2.75, 3.05) is 18.5 Å². The Bertz CT molecular complexity index is 702. The van der Waals surface area contributed by atoms with Crippen molar-refractivity contribution in [3.05, 3.63) is 28.7 Å². The van der Waals surface area contributed by atoms with Gasteiger partial charge in [-0.15, -0.1) is 0 Å². The highest BCUT2D eigenvalue weighted by Crippen LogP contribution is 2.41. The number of benzene rings is 1. The predicted octanol–water partition coefficient (Wildman–Crippen LogP) is 1.99. The molecule has 1 saturated carbocycles. The zero-order valence-electron chi connectivity index (χ0n) is 10.9. The molecule has 2 aromatic rings. The van der Waals surface area contributed by atoms with E-state index in [1.54, 1.807) is 0 Å². The van der Waals surface area contributed by atoms with Gasteiger partial charge in [0.25, 0.3) is 0 Å². The van der Waals surface area contributed by atoms with Crippen LogP contribution in [0.1, 0.15) is 19.3 Å². The molecule has 0 aliphatic heterocycles. The zero-order chi connectivity index (χ0) is 13.5. The summed E-state index contributed by atoms with van der Waals surface area (Å²) in [5.41, 5.74) is 2.25. The molecule has 3 rings (SSSR count). The number of anilines is 1. The molecule has 1 aliphatic rings. The molecule has 1 heterocycles. The molecule has 0 amide bonds. The topological polar surface area (TPSA) is 75.7 Å². The lowest BCUT2D eigenvalue weighted by atomic mass is 9.69. The van der Waals surface area contributed by atoms with E-state index in [1.165, 1.54) is 0 Å². The lowest BCUT2D eigenvalue weighted by Crippen LogP contribution is -2.39. The molecule has 2 N–H and O–H groups in total. The first-order valence-corrected chi connectivity index (χ1v) is 6.46. The Morgan fingerprint density at radius 1 is 1.37 bits per heavy atom. The summed E-state index contributed by atoms with van der Waals surface area (Å²) in [5.74, 6) is 0. The highest BCUT2D eigenvalue weighted by atomic mass is 16.1. The Morgan fingerprint density at radius 2 is 2.11 bits per heavy atom. The van der Waals surface area contributed by atoms with Gasteiger partial charge >= 0.3 is 5.69 Å². The van der Waals surface area contributed by atoms with Crippen LogP contribution in [0.4, 0.5) is 5.69 Å². The number of aromatic amines is 2. The van der Waals surface area contributed by atoms with Gasteiger partial charge in [-0.1, -0.05) is 6.42 Å². The van der Waals surface area contributed by atoms with Gasteiger partial charge in [0.2, 0.25) is 0 Å². The Hall–Kier alpha value is -2.22. The Labute approximate surface area is 110 Å². The van der Waals surface area contributed by atoms with Crippen LogP contribution in [-0.4, -0.2) is 23.6 Å². The number of H-pyrrole nitrogens is 2. The monoisotopic (exact) mass is 256 g/mol. The van der Waals surface area contributed by atoms with E-state index < -0.39 is 0 Å². The summed E-state index contributed by atoms with van der Waals surface area (Å²) in [7, 11) is 1.99. The van der Waals surface area contributed by atoms with Crippen LogP contribution in [0.25, 0.3) is 11.0 Å². The maximum absolute atomic E-state index is 11.2. The highest BCUT2D eigenvalue weighted by molar-refractivity contribution is 5.79. The fourth-order valence-electron chi connectivity index (χ4n) is 2.71.